The second kappa shape index (κ2) is 7.93. The molecule has 8 nitrogen and oxygen atoms in total. The molecule has 1 amide bonds. The first-order valence-electron chi connectivity index (χ1n) is 9.03. The van der Waals surface area contributed by atoms with Gasteiger partial charge >= 0.3 is 0 Å². The third kappa shape index (κ3) is 4.35. The molecule has 8 heteroatoms. The number of rotatable bonds is 5. The largest absolute Gasteiger partial charge is 0.374 e. The lowest BCUT2D eigenvalue weighted by atomic mass is 9.82. The molecule has 2 fully saturated rings. The van der Waals surface area contributed by atoms with Gasteiger partial charge in [0.2, 0.25) is 5.91 Å². The molecule has 1 N–H and O–H groups in total. The topological polar surface area (TPSA) is 96.1 Å². The van der Waals surface area contributed by atoms with Gasteiger partial charge in [-0.05, 0) is 19.8 Å². The summed E-state index contributed by atoms with van der Waals surface area (Å²) in [5.41, 5.74) is -0.685. The molecule has 25 heavy (non-hydrogen) atoms. The monoisotopic (exact) mass is 346 g/mol. The Morgan fingerprint density at radius 3 is 2.96 bits per heavy atom. The highest BCUT2D eigenvalue weighted by Crippen LogP contribution is 2.27. The lowest BCUT2D eigenvalue weighted by molar-refractivity contribution is -0.131. The van der Waals surface area contributed by atoms with Crippen molar-refractivity contribution in [1.82, 2.24) is 25.0 Å². The van der Waals surface area contributed by atoms with Crippen LogP contribution in [0.2, 0.25) is 0 Å². The SMILES string of the molecule is CC(C(=O)NC1(C#N)CCCCC1)N1CCOC(Cn2cncn2)C1. The van der Waals surface area contributed by atoms with Crippen LogP contribution in [-0.2, 0) is 16.1 Å². The highest BCUT2D eigenvalue weighted by Gasteiger charge is 2.36. The molecule has 1 aliphatic heterocycles. The number of ether oxygens (including phenoxy) is 1. The van der Waals surface area contributed by atoms with Gasteiger partial charge < -0.3 is 10.1 Å². The van der Waals surface area contributed by atoms with Crippen molar-refractivity contribution in [1.29, 1.82) is 5.26 Å². The summed E-state index contributed by atoms with van der Waals surface area (Å²) in [4.78, 5) is 18.8. The third-order valence-corrected chi connectivity index (χ3v) is 5.24. The molecule has 2 atom stereocenters. The number of hydrogen-bond acceptors (Lipinski definition) is 6. The second-order valence-electron chi connectivity index (χ2n) is 7.03. The first kappa shape index (κ1) is 17.8. The van der Waals surface area contributed by atoms with Gasteiger partial charge in [-0.3, -0.25) is 14.4 Å². The number of nitriles is 1. The Balaban J connectivity index is 1.56. The van der Waals surface area contributed by atoms with E-state index in [1.54, 1.807) is 11.0 Å². The minimum atomic E-state index is -0.685. The standard InChI is InChI=1S/C17H26N6O2/c1-14(16(24)21-17(11-18)5-3-2-4-6-17)22-7-8-25-15(9-22)10-23-13-19-12-20-23/h12-15H,2-10H2,1H3,(H,21,24). The van der Waals surface area contributed by atoms with Crippen LogP contribution in [0.4, 0.5) is 0 Å². The zero-order valence-electron chi connectivity index (χ0n) is 14.7. The third-order valence-electron chi connectivity index (χ3n) is 5.24. The van der Waals surface area contributed by atoms with Crippen LogP contribution >= 0.6 is 0 Å². The van der Waals surface area contributed by atoms with E-state index in [1.807, 2.05) is 6.92 Å². The van der Waals surface area contributed by atoms with Gasteiger partial charge in [-0.25, -0.2) is 4.98 Å². The molecule has 1 aliphatic carbocycles. The summed E-state index contributed by atoms with van der Waals surface area (Å²) in [7, 11) is 0. The lowest BCUT2D eigenvalue weighted by Crippen LogP contribution is -2.57. The summed E-state index contributed by atoms with van der Waals surface area (Å²) in [5.74, 6) is -0.0649. The molecule has 0 aromatic carbocycles. The summed E-state index contributed by atoms with van der Waals surface area (Å²) in [6.45, 7) is 4.48. The Labute approximate surface area is 148 Å². The van der Waals surface area contributed by atoms with Crippen LogP contribution in [0.25, 0.3) is 0 Å². The van der Waals surface area contributed by atoms with Gasteiger partial charge in [-0.1, -0.05) is 19.3 Å². The van der Waals surface area contributed by atoms with Crippen molar-refractivity contribution in [2.75, 3.05) is 19.7 Å². The molecular formula is C17H26N6O2. The number of carbonyl (C=O) groups is 1. The molecule has 1 saturated carbocycles. The number of nitrogens with zero attached hydrogens (tertiary/aromatic N) is 5. The van der Waals surface area contributed by atoms with Gasteiger partial charge in [0.15, 0.2) is 0 Å². The molecule has 1 aromatic rings. The van der Waals surface area contributed by atoms with Crippen LogP contribution in [-0.4, -0.2) is 63.0 Å². The summed E-state index contributed by atoms with van der Waals surface area (Å²) >= 11 is 0. The molecule has 3 rings (SSSR count). The van der Waals surface area contributed by atoms with Crippen LogP contribution in [0, 0.1) is 11.3 Å². The zero-order valence-corrected chi connectivity index (χ0v) is 14.7. The van der Waals surface area contributed by atoms with Crippen molar-refractivity contribution in [2.45, 2.75) is 63.3 Å². The van der Waals surface area contributed by atoms with Crippen LogP contribution < -0.4 is 5.32 Å². The fourth-order valence-electron chi connectivity index (χ4n) is 3.67. The van der Waals surface area contributed by atoms with Crippen LogP contribution in [0.5, 0.6) is 0 Å². The van der Waals surface area contributed by atoms with Crippen molar-refractivity contribution >= 4 is 5.91 Å². The molecule has 1 aromatic heterocycles. The fourth-order valence-corrected chi connectivity index (χ4v) is 3.67. The maximum atomic E-state index is 12.7. The van der Waals surface area contributed by atoms with E-state index in [0.29, 0.717) is 26.2 Å². The van der Waals surface area contributed by atoms with Gasteiger partial charge in [0.1, 0.15) is 18.2 Å². The number of nitrogens with one attached hydrogen (secondary N) is 1. The number of hydrogen-bond donors (Lipinski definition) is 1. The first-order valence-corrected chi connectivity index (χ1v) is 9.03. The second-order valence-corrected chi connectivity index (χ2v) is 7.03. The van der Waals surface area contributed by atoms with Gasteiger partial charge in [0.05, 0.1) is 31.4 Å². The summed E-state index contributed by atoms with van der Waals surface area (Å²) in [6.07, 6.45) is 7.78. The maximum absolute atomic E-state index is 12.7. The Kier molecular flexibility index (Phi) is 5.66. The van der Waals surface area contributed by atoms with Gasteiger partial charge in [-0.2, -0.15) is 10.4 Å². The predicted molar refractivity (Wildman–Crippen MR) is 90.4 cm³/mol. The van der Waals surface area contributed by atoms with Crippen molar-refractivity contribution in [3.05, 3.63) is 12.7 Å². The first-order chi connectivity index (χ1) is 12.1. The Bertz CT molecular complexity index is 605. The van der Waals surface area contributed by atoms with Crippen LogP contribution in [0.15, 0.2) is 12.7 Å². The van der Waals surface area contributed by atoms with Gasteiger partial charge in [-0.15, -0.1) is 0 Å². The van der Waals surface area contributed by atoms with E-state index in [9.17, 15) is 10.1 Å². The Hall–Kier alpha value is -1.98. The van der Waals surface area contributed by atoms with Crippen LogP contribution in [0.1, 0.15) is 39.0 Å². The summed E-state index contributed by atoms with van der Waals surface area (Å²) < 4.78 is 7.53. The summed E-state index contributed by atoms with van der Waals surface area (Å²) in [5, 5.41) is 16.7. The molecule has 1 saturated heterocycles. The van der Waals surface area contributed by atoms with Gasteiger partial charge in [0, 0.05) is 13.1 Å². The number of aromatic nitrogens is 3. The van der Waals surface area contributed by atoms with Crippen molar-refractivity contribution in [3.8, 4) is 6.07 Å². The summed E-state index contributed by atoms with van der Waals surface area (Å²) in [6, 6.07) is 2.07. The Morgan fingerprint density at radius 1 is 1.48 bits per heavy atom. The van der Waals surface area contributed by atoms with E-state index < -0.39 is 5.54 Å². The maximum Gasteiger partial charge on any atom is 0.238 e. The average Bonchev–Trinajstić information content (AvgIpc) is 3.15. The molecule has 136 valence electrons. The molecule has 2 heterocycles. The number of amides is 1. The highest BCUT2D eigenvalue weighted by atomic mass is 16.5. The van der Waals surface area contributed by atoms with E-state index in [-0.39, 0.29) is 18.1 Å². The smallest absolute Gasteiger partial charge is 0.238 e. The number of carbonyl (C=O) groups excluding carboxylic acids is 1. The normalized spacial score (nSPS) is 25.0. The van der Waals surface area contributed by atoms with Crippen molar-refractivity contribution in [3.63, 3.8) is 0 Å². The minimum Gasteiger partial charge on any atom is -0.374 e. The van der Waals surface area contributed by atoms with E-state index in [4.69, 9.17) is 4.74 Å². The van der Waals surface area contributed by atoms with Gasteiger partial charge in [0.25, 0.3) is 0 Å². The molecule has 2 aliphatic rings. The van der Waals surface area contributed by atoms with E-state index in [0.717, 1.165) is 32.1 Å². The predicted octanol–water partition coefficient (Wildman–Crippen LogP) is 0.710. The zero-order chi connectivity index (χ0) is 17.7. The molecule has 0 spiro atoms. The average molecular weight is 346 g/mol. The lowest BCUT2D eigenvalue weighted by Gasteiger charge is -2.38. The quantitative estimate of drug-likeness (QED) is 0.843. The minimum absolute atomic E-state index is 0.0229. The molecule has 0 radical (unpaired) electrons. The van der Waals surface area contributed by atoms with Crippen molar-refractivity contribution in [2.24, 2.45) is 0 Å². The fraction of sp³-hybridized carbons (Fsp3) is 0.765. The van der Waals surface area contributed by atoms with E-state index >= 15 is 0 Å². The van der Waals surface area contributed by atoms with E-state index in [2.05, 4.69) is 26.4 Å². The molecule has 0 bridgehead atoms. The Morgan fingerprint density at radius 2 is 2.28 bits per heavy atom. The number of morpholine rings is 1. The van der Waals surface area contributed by atoms with Crippen LogP contribution in [0.3, 0.4) is 0 Å². The van der Waals surface area contributed by atoms with E-state index in [1.165, 1.54) is 6.33 Å². The van der Waals surface area contributed by atoms with Crippen molar-refractivity contribution < 1.29 is 9.53 Å². The highest BCUT2D eigenvalue weighted by molar-refractivity contribution is 5.82. The molecule has 2 unspecified atom stereocenters. The molecular weight excluding hydrogens is 320 g/mol.